The molecule has 0 bridgehead atoms. The summed E-state index contributed by atoms with van der Waals surface area (Å²) in [4.78, 5) is 28.2. The lowest BCUT2D eigenvalue weighted by Gasteiger charge is -2.20. The maximum Gasteiger partial charge on any atom is 0.253 e. The van der Waals surface area contributed by atoms with E-state index in [-0.39, 0.29) is 24.6 Å². The number of aromatic amines is 1. The molecule has 1 heterocycles. The number of rotatable bonds is 5. The van der Waals surface area contributed by atoms with Crippen molar-refractivity contribution < 1.29 is 9.90 Å². The van der Waals surface area contributed by atoms with Crippen molar-refractivity contribution in [1.82, 2.24) is 9.88 Å². The molecule has 0 fully saturated rings. The van der Waals surface area contributed by atoms with Crippen LogP contribution < -0.4 is 5.56 Å². The summed E-state index contributed by atoms with van der Waals surface area (Å²) in [5, 5.41) is 9.82. The molecular weight excluding hydrogens is 268 g/mol. The maximum absolute atomic E-state index is 12.1. The number of hydrogen-bond donors (Lipinski definition) is 2. The van der Waals surface area contributed by atoms with Gasteiger partial charge >= 0.3 is 0 Å². The molecule has 0 radical (unpaired) electrons. The van der Waals surface area contributed by atoms with E-state index in [0.717, 1.165) is 16.5 Å². The summed E-state index contributed by atoms with van der Waals surface area (Å²) in [6, 6.07) is 7.69. The molecule has 0 unspecified atom stereocenters. The molecule has 2 rings (SSSR count). The zero-order valence-electron chi connectivity index (χ0n) is 12.3. The van der Waals surface area contributed by atoms with Crippen LogP contribution >= 0.6 is 0 Å². The number of fused-ring (bicyclic) bond motifs is 1. The number of carbonyl (C=O) groups is 1. The Hall–Kier alpha value is -2.14. The van der Waals surface area contributed by atoms with Crippen LogP contribution in [0.5, 0.6) is 0 Å². The van der Waals surface area contributed by atoms with Gasteiger partial charge < -0.3 is 15.0 Å². The van der Waals surface area contributed by atoms with Crippen LogP contribution in [0.4, 0.5) is 0 Å². The highest BCUT2D eigenvalue weighted by atomic mass is 16.3. The predicted molar refractivity (Wildman–Crippen MR) is 82.1 cm³/mol. The van der Waals surface area contributed by atoms with Gasteiger partial charge in [-0.25, -0.2) is 0 Å². The van der Waals surface area contributed by atoms with Gasteiger partial charge in [-0.15, -0.1) is 0 Å². The number of pyridine rings is 1. The number of carbonyl (C=O) groups excluding carboxylic acids is 1. The summed E-state index contributed by atoms with van der Waals surface area (Å²) in [7, 11) is 0. The molecule has 0 aliphatic heterocycles. The van der Waals surface area contributed by atoms with Crippen LogP contribution in [0, 0.1) is 6.92 Å². The quantitative estimate of drug-likeness (QED) is 0.877. The second-order valence-corrected chi connectivity index (χ2v) is 5.23. The minimum Gasteiger partial charge on any atom is -0.396 e. The van der Waals surface area contributed by atoms with E-state index >= 15 is 0 Å². The first-order chi connectivity index (χ1) is 10.0. The molecule has 1 amide bonds. The minimum absolute atomic E-state index is 0.0249. The second kappa shape index (κ2) is 6.54. The Kier molecular flexibility index (Phi) is 4.75. The van der Waals surface area contributed by atoms with E-state index in [1.807, 2.05) is 31.2 Å². The molecule has 112 valence electrons. The van der Waals surface area contributed by atoms with Crippen molar-refractivity contribution in [3.05, 3.63) is 45.7 Å². The lowest BCUT2D eigenvalue weighted by atomic mass is 10.1. The zero-order chi connectivity index (χ0) is 15.4. The second-order valence-electron chi connectivity index (χ2n) is 5.23. The summed E-state index contributed by atoms with van der Waals surface area (Å²) in [6.07, 6.45) is 0.504. The fraction of sp³-hybridized carbons (Fsp3) is 0.375. The Morgan fingerprint density at radius 2 is 2.10 bits per heavy atom. The Bertz CT molecular complexity index is 706. The molecule has 2 aromatic rings. The number of H-pyrrole nitrogens is 1. The highest BCUT2D eigenvalue weighted by Crippen LogP contribution is 2.14. The van der Waals surface area contributed by atoms with Crippen LogP contribution in [0.2, 0.25) is 0 Å². The van der Waals surface area contributed by atoms with Crippen molar-refractivity contribution >= 4 is 16.8 Å². The zero-order valence-corrected chi connectivity index (χ0v) is 12.3. The van der Waals surface area contributed by atoms with E-state index in [9.17, 15) is 9.59 Å². The van der Waals surface area contributed by atoms with E-state index in [1.54, 1.807) is 4.90 Å². The summed E-state index contributed by atoms with van der Waals surface area (Å²) in [6.45, 7) is 4.16. The minimum atomic E-state index is -0.177. The van der Waals surface area contributed by atoms with Gasteiger partial charge in [0.15, 0.2) is 0 Å². The highest BCUT2D eigenvalue weighted by molar-refractivity contribution is 5.79. The number of hydrogen-bond acceptors (Lipinski definition) is 3. The van der Waals surface area contributed by atoms with Crippen molar-refractivity contribution in [2.75, 3.05) is 13.2 Å². The molecule has 0 aliphatic carbocycles. The van der Waals surface area contributed by atoms with Gasteiger partial charge in [-0.3, -0.25) is 9.59 Å². The van der Waals surface area contributed by atoms with Crippen LogP contribution in [0.15, 0.2) is 29.1 Å². The highest BCUT2D eigenvalue weighted by Gasteiger charge is 2.12. The first-order valence-corrected chi connectivity index (χ1v) is 7.00. The number of aliphatic hydroxyl groups excluding tert-OH is 1. The number of aryl methyl sites for hydroxylation is 1. The predicted octanol–water partition coefficient (Wildman–Crippen LogP) is 1.57. The van der Waals surface area contributed by atoms with E-state index in [2.05, 4.69) is 4.98 Å². The lowest BCUT2D eigenvalue weighted by Crippen LogP contribution is -2.32. The van der Waals surface area contributed by atoms with Gasteiger partial charge in [-0.05, 0) is 36.4 Å². The first-order valence-electron chi connectivity index (χ1n) is 7.00. The molecule has 5 nitrogen and oxygen atoms in total. The van der Waals surface area contributed by atoms with Crippen LogP contribution in [-0.2, 0) is 11.3 Å². The van der Waals surface area contributed by atoms with Crippen molar-refractivity contribution in [3.63, 3.8) is 0 Å². The van der Waals surface area contributed by atoms with E-state index in [1.165, 1.54) is 6.92 Å². The van der Waals surface area contributed by atoms with Gasteiger partial charge in [0.2, 0.25) is 5.91 Å². The number of nitrogens with zero attached hydrogens (tertiary/aromatic N) is 1. The molecule has 21 heavy (non-hydrogen) atoms. The van der Waals surface area contributed by atoms with Crippen LogP contribution in [-0.4, -0.2) is 34.0 Å². The SMILES string of the molecule is CC(=O)N(CCCO)Cc1cc2ccc(C)cc2[nH]c1=O. The topological polar surface area (TPSA) is 73.4 Å². The number of benzene rings is 1. The van der Waals surface area contributed by atoms with Crippen molar-refractivity contribution in [2.24, 2.45) is 0 Å². The molecular formula is C16H20N2O3. The summed E-state index contributed by atoms with van der Waals surface area (Å²) >= 11 is 0. The molecule has 2 N–H and O–H groups in total. The van der Waals surface area contributed by atoms with Gasteiger partial charge in [0.1, 0.15) is 0 Å². The Morgan fingerprint density at radius 3 is 2.76 bits per heavy atom. The monoisotopic (exact) mass is 288 g/mol. The molecule has 1 aromatic heterocycles. The number of nitrogens with one attached hydrogen (secondary N) is 1. The third-order valence-electron chi connectivity index (χ3n) is 3.47. The van der Waals surface area contributed by atoms with E-state index in [4.69, 9.17) is 5.11 Å². The fourth-order valence-electron chi connectivity index (χ4n) is 2.29. The van der Waals surface area contributed by atoms with Gasteiger partial charge in [0.05, 0.1) is 6.54 Å². The Balaban J connectivity index is 2.32. The van der Waals surface area contributed by atoms with E-state index < -0.39 is 0 Å². The average Bonchev–Trinajstić information content (AvgIpc) is 2.43. The molecule has 0 aliphatic rings. The normalized spacial score (nSPS) is 10.8. The van der Waals surface area contributed by atoms with Crippen LogP contribution in [0.3, 0.4) is 0 Å². The van der Waals surface area contributed by atoms with Crippen LogP contribution in [0.1, 0.15) is 24.5 Å². The molecule has 0 saturated carbocycles. The number of aromatic nitrogens is 1. The number of aliphatic hydroxyl groups is 1. The van der Waals surface area contributed by atoms with Crippen molar-refractivity contribution in [1.29, 1.82) is 0 Å². The third-order valence-corrected chi connectivity index (χ3v) is 3.47. The molecule has 0 spiro atoms. The molecule has 0 saturated heterocycles. The standard InChI is InChI=1S/C16H20N2O3/c1-11-4-5-13-9-14(16(21)17-15(13)8-11)10-18(12(2)20)6-3-7-19/h4-5,8-9,19H,3,6-7,10H2,1-2H3,(H,17,21). The molecule has 0 atom stereocenters. The fourth-order valence-corrected chi connectivity index (χ4v) is 2.29. The van der Waals surface area contributed by atoms with Gasteiger partial charge in [-0.1, -0.05) is 12.1 Å². The lowest BCUT2D eigenvalue weighted by molar-refractivity contribution is -0.129. The van der Waals surface area contributed by atoms with Gasteiger partial charge in [-0.2, -0.15) is 0 Å². The van der Waals surface area contributed by atoms with Crippen molar-refractivity contribution in [2.45, 2.75) is 26.8 Å². The Labute approximate surface area is 123 Å². The summed E-state index contributed by atoms with van der Waals surface area (Å²) in [5.74, 6) is -0.105. The van der Waals surface area contributed by atoms with Crippen molar-refractivity contribution in [3.8, 4) is 0 Å². The largest absolute Gasteiger partial charge is 0.396 e. The number of amides is 1. The molecule has 5 heteroatoms. The average molecular weight is 288 g/mol. The maximum atomic E-state index is 12.1. The Morgan fingerprint density at radius 1 is 1.33 bits per heavy atom. The smallest absolute Gasteiger partial charge is 0.253 e. The van der Waals surface area contributed by atoms with Gasteiger partial charge in [0, 0.05) is 31.2 Å². The van der Waals surface area contributed by atoms with Crippen LogP contribution in [0.25, 0.3) is 10.9 Å². The summed E-state index contributed by atoms with van der Waals surface area (Å²) in [5.41, 5.74) is 2.26. The summed E-state index contributed by atoms with van der Waals surface area (Å²) < 4.78 is 0. The third kappa shape index (κ3) is 3.70. The van der Waals surface area contributed by atoms with E-state index in [0.29, 0.717) is 18.5 Å². The molecule has 1 aromatic carbocycles. The first kappa shape index (κ1) is 15.3. The van der Waals surface area contributed by atoms with Gasteiger partial charge in [0.25, 0.3) is 5.56 Å².